The molecule has 1 unspecified atom stereocenters. The van der Waals surface area contributed by atoms with Crippen LogP contribution in [-0.4, -0.2) is 37.4 Å². The van der Waals surface area contributed by atoms with E-state index in [0.29, 0.717) is 13.2 Å². The molecule has 5 heteroatoms. The second-order valence-electron chi connectivity index (χ2n) is 4.14. The van der Waals surface area contributed by atoms with Gasteiger partial charge in [0.25, 0.3) is 0 Å². The number of unbranched alkanes of at least 4 members (excludes halogenated alkanes) is 1. The Labute approximate surface area is 109 Å². The Morgan fingerprint density at radius 1 is 1.06 bits per heavy atom. The lowest BCUT2D eigenvalue weighted by Crippen LogP contribution is -2.42. The maximum atomic E-state index is 11.8. The van der Waals surface area contributed by atoms with Gasteiger partial charge in [0, 0.05) is 6.61 Å². The zero-order chi connectivity index (χ0) is 14.0. The highest BCUT2D eigenvalue weighted by molar-refractivity contribution is 5.85. The predicted octanol–water partition coefficient (Wildman–Crippen LogP) is 2.08. The van der Waals surface area contributed by atoms with Crippen molar-refractivity contribution < 1.29 is 23.8 Å². The number of carbonyl (C=O) groups excluding carboxylic acids is 2. The second-order valence-corrected chi connectivity index (χ2v) is 4.14. The lowest BCUT2D eigenvalue weighted by molar-refractivity contribution is -0.176. The number of ether oxygens (including phenoxy) is 3. The Morgan fingerprint density at radius 2 is 1.72 bits per heavy atom. The second kappa shape index (κ2) is 8.91. The van der Waals surface area contributed by atoms with Gasteiger partial charge in [0.2, 0.25) is 0 Å². The van der Waals surface area contributed by atoms with E-state index in [2.05, 4.69) is 0 Å². The van der Waals surface area contributed by atoms with Gasteiger partial charge >= 0.3 is 11.9 Å². The van der Waals surface area contributed by atoms with Crippen molar-refractivity contribution in [2.45, 2.75) is 52.6 Å². The minimum atomic E-state index is -1.26. The molecule has 0 aliphatic carbocycles. The van der Waals surface area contributed by atoms with Crippen molar-refractivity contribution >= 4 is 11.9 Å². The van der Waals surface area contributed by atoms with E-state index in [4.69, 9.17) is 14.2 Å². The van der Waals surface area contributed by atoms with Crippen molar-refractivity contribution in [2.24, 2.45) is 0 Å². The topological polar surface area (TPSA) is 61.8 Å². The molecular weight excluding hydrogens is 236 g/mol. The maximum Gasteiger partial charge on any atom is 0.338 e. The first-order valence-electron chi connectivity index (χ1n) is 6.47. The maximum absolute atomic E-state index is 11.8. The number of hydrogen-bond acceptors (Lipinski definition) is 5. The standard InChI is InChI=1S/C13H24O5/c1-5-8-9-17-11(14)10-13(4,18-7-3)12(15)16-6-2/h5-10H2,1-4H3. The van der Waals surface area contributed by atoms with Gasteiger partial charge in [-0.15, -0.1) is 0 Å². The van der Waals surface area contributed by atoms with Crippen molar-refractivity contribution in [3.05, 3.63) is 0 Å². The summed E-state index contributed by atoms with van der Waals surface area (Å²) < 4.78 is 15.3. The lowest BCUT2D eigenvalue weighted by Gasteiger charge is -2.25. The van der Waals surface area contributed by atoms with Gasteiger partial charge in [-0.2, -0.15) is 0 Å². The molecule has 0 amide bonds. The van der Waals surface area contributed by atoms with E-state index in [-0.39, 0.29) is 13.0 Å². The average Bonchev–Trinajstić information content (AvgIpc) is 2.29. The van der Waals surface area contributed by atoms with Gasteiger partial charge in [-0.05, 0) is 27.2 Å². The number of carbonyl (C=O) groups is 2. The SMILES string of the molecule is CCCCOC(=O)CC(C)(OCC)C(=O)OCC. The van der Waals surface area contributed by atoms with Gasteiger partial charge in [-0.3, -0.25) is 4.79 Å². The number of esters is 2. The summed E-state index contributed by atoms with van der Waals surface area (Å²) in [6.45, 7) is 8.00. The van der Waals surface area contributed by atoms with Crippen molar-refractivity contribution in [1.82, 2.24) is 0 Å². The molecular formula is C13H24O5. The number of rotatable bonds is 9. The molecule has 5 nitrogen and oxygen atoms in total. The summed E-state index contributed by atoms with van der Waals surface area (Å²) in [6.07, 6.45) is 1.65. The highest BCUT2D eigenvalue weighted by Gasteiger charge is 2.38. The van der Waals surface area contributed by atoms with Crippen LogP contribution in [0.4, 0.5) is 0 Å². The zero-order valence-electron chi connectivity index (χ0n) is 11.8. The summed E-state index contributed by atoms with van der Waals surface area (Å²) in [5, 5.41) is 0. The minimum absolute atomic E-state index is 0.122. The third kappa shape index (κ3) is 6.00. The smallest absolute Gasteiger partial charge is 0.338 e. The fraction of sp³-hybridized carbons (Fsp3) is 0.846. The van der Waals surface area contributed by atoms with Crippen LogP contribution >= 0.6 is 0 Å². The van der Waals surface area contributed by atoms with E-state index in [1.807, 2.05) is 6.92 Å². The molecule has 0 radical (unpaired) electrons. The van der Waals surface area contributed by atoms with Gasteiger partial charge in [-0.25, -0.2) is 4.79 Å². The summed E-state index contributed by atoms with van der Waals surface area (Å²) in [6, 6.07) is 0. The van der Waals surface area contributed by atoms with E-state index in [9.17, 15) is 9.59 Å². The molecule has 1 atom stereocenters. The van der Waals surface area contributed by atoms with Crippen LogP contribution in [0.15, 0.2) is 0 Å². The Balaban J connectivity index is 4.40. The summed E-state index contributed by atoms with van der Waals surface area (Å²) >= 11 is 0. The molecule has 0 heterocycles. The highest BCUT2D eigenvalue weighted by Crippen LogP contribution is 2.18. The van der Waals surface area contributed by atoms with E-state index < -0.39 is 17.5 Å². The van der Waals surface area contributed by atoms with Crippen LogP contribution in [0.5, 0.6) is 0 Å². The fourth-order valence-electron chi connectivity index (χ4n) is 1.44. The molecule has 0 spiro atoms. The van der Waals surface area contributed by atoms with Crippen LogP contribution in [0.3, 0.4) is 0 Å². The number of hydrogen-bond donors (Lipinski definition) is 0. The average molecular weight is 260 g/mol. The van der Waals surface area contributed by atoms with Crippen LogP contribution in [0.1, 0.15) is 47.0 Å². The first-order chi connectivity index (χ1) is 8.50. The largest absolute Gasteiger partial charge is 0.466 e. The summed E-state index contributed by atoms with van der Waals surface area (Å²) in [5.74, 6) is -0.966. The quantitative estimate of drug-likeness (QED) is 0.469. The molecule has 0 aromatic rings. The summed E-state index contributed by atoms with van der Waals surface area (Å²) in [4.78, 5) is 23.4. The van der Waals surface area contributed by atoms with Gasteiger partial charge < -0.3 is 14.2 Å². The van der Waals surface area contributed by atoms with Crippen LogP contribution < -0.4 is 0 Å². The molecule has 0 saturated carbocycles. The van der Waals surface area contributed by atoms with Crippen molar-refractivity contribution in [3.8, 4) is 0 Å². The zero-order valence-corrected chi connectivity index (χ0v) is 11.8. The molecule has 0 fully saturated rings. The van der Waals surface area contributed by atoms with Crippen molar-refractivity contribution in [3.63, 3.8) is 0 Å². The summed E-state index contributed by atoms with van der Waals surface area (Å²) in [7, 11) is 0. The predicted molar refractivity (Wildman–Crippen MR) is 67.1 cm³/mol. The third-order valence-corrected chi connectivity index (χ3v) is 2.41. The van der Waals surface area contributed by atoms with Crippen LogP contribution in [0.25, 0.3) is 0 Å². The van der Waals surface area contributed by atoms with Crippen molar-refractivity contribution in [2.75, 3.05) is 19.8 Å². The molecule has 0 aromatic heterocycles. The summed E-state index contributed by atoms with van der Waals surface area (Å²) in [5.41, 5.74) is -1.26. The normalized spacial score (nSPS) is 13.8. The first kappa shape index (κ1) is 16.9. The van der Waals surface area contributed by atoms with Gasteiger partial charge in [-0.1, -0.05) is 13.3 Å². The molecule has 106 valence electrons. The van der Waals surface area contributed by atoms with Crippen LogP contribution in [0.2, 0.25) is 0 Å². The molecule has 0 aliphatic heterocycles. The monoisotopic (exact) mass is 260 g/mol. The highest BCUT2D eigenvalue weighted by atomic mass is 16.6. The van der Waals surface area contributed by atoms with Gasteiger partial charge in [0.05, 0.1) is 19.6 Å². The van der Waals surface area contributed by atoms with Gasteiger partial charge in [0.1, 0.15) is 0 Å². The Hall–Kier alpha value is -1.10. The Kier molecular flexibility index (Phi) is 8.37. The molecule has 0 rings (SSSR count). The molecule has 0 aliphatic rings. The fourth-order valence-corrected chi connectivity index (χ4v) is 1.44. The molecule has 0 saturated heterocycles. The van der Waals surface area contributed by atoms with E-state index in [1.54, 1.807) is 20.8 Å². The molecule has 0 aromatic carbocycles. The Morgan fingerprint density at radius 3 is 2.22 bits per heavy atom. The van der Waals surface area contributed by atoms with E-state index in [1.165, 1.54) is 0 Å². The first-order valence-corrected chi connectivity index (χ1v) is 6.47. The third-order valence-electron chi connectivity index (χ3n) is 2.41. The molecule has 0 bridgehead atoms. The minimum Gasteiger partial charge on any atom is -0.466 e. The molecule has 18 heavy (non-hydrogen) atoms. The Bertz CT molecular complexity index is 264. The van der Waals surface area contributed by atoms with Crippen LogP contribution in [0, 0.1) is 0 Å². The van der Waals surface area contributed by atoms with Gasteiger partial charge in [0.15, 0.2) is 5.60 Å². The molecule has 0 N–H and O–H groups in total. The van der Waals surface area contributed by atoms with E-state index >= 15 is 0 Å². The van der Waals surface area contributed by atoms with Crippen molar-refractivity contribution in [1.29, 1.82) is 0 Å². The lowest BCUT2D eigenvalue weighted by atomic mass is 10.0. The van der Waals surface area contributed by atoms with E-state index in [0.717, 1.165) is 12.8 Å². The van der Waals surface area contributed by atoms with Crippen LogP contribution in [-0.2, 0) is 23.8 Å².